The molecule has 0 bridgehead atoms. The van der Waals surface area contributed by atoms with E-state index in [4.69, 9.17) is 0 Å². The van der Waals surface area contributed by atoms with Gasteiger partial charge in [0.05, 0.1) is 10.6 Å². The van der Waals surface area contributed by atoms with E-state index >= 15 is 0 Å². The van der Waals surface area contributed by atoms with Crippen molar-refractivity contribution in [1.29, 1.82) is 0 Å². The lowest BCUT2D eigenvalue weighted by atomic mass is 10.0. The molecule has 2 rings (SSSR count). The van der Waals surface area contributed by atoms with E-state index in [-0.39, 0.29) is 18.0 Å². The van der Waals surface area contributed by atoms with Crippen LogP contribution in [-0.2, 0) is 11.2 Å². The van der Waals surface area contributed by atoms with Crippen LogP contribution in [0.25, 0.3) is 0 Å². The third-order valence-electron chi connectivity index (χ3n) is 3.42. The fourth-order valence-corrected chi connectivity index (χ4v) is 3.22. The number of hydrogen-bond acceptors (Lipinski definition) is 4. The summed E-state index contributed by atoms with van der Waals surface area (Å²) < 4.78 is 41.1. The monoisotopic (exact) mass is 357 g/mol. The lowest BCUT2D eigenvalue weighted by Crippen LogP contribution is -2.13. The first-order valence-electron chi connectivity index (χ1n) is 7.52. The van der Waals surface area contributed by atoms with Crippen LogP contribution in [0.5, 0.6) is 0 Å². The van der Waals surface area contributed by atoms with E-state index in [9.17, 15) is 18.0 Å². The Hall–Kier alpha value is -2.02. The maximum Gasteiger partial charge on any atom is 0.572 e. The Morgan fingerprint density at radius 3 is 2.75 bits per heavy atom. The molecule has 0 saturated carbocycles. The minimum absolute atomic E-state index is 0.133. The third kappa shape index (κ3) is 4.74. The molecule has 0 aliphatic heterocycles. The SMILES string of the molecule is CCc1cc(C(=O)C2=C/C=C(/OC(F)(F)F)CC/C=C\2)c(NC)s1. The van der Waals surface area contributed by atoms with Gasteiger partial charge >= 0.3 is 6.36 Å². The zero-order chi connectivity index (χ0) is 17.7. The predicted octanol–water partition coefficient (Wildman–Crippen LogP) is 5.23. The van der Waals surface area contributed by atoms with Crippen LogP contribution < -0.4 is 5.32 Å². The average Bonchev–Trinajstić information content (AvgIpc) is 2.92. The Balaban J connectivity index is 2.31. The van der Waals surface area contributed by atoms with Crippen molar-refractivity contribution in [3.63, 3.8) is 0 Å². The molecule has 7 heteroatoms. The van der Waals surface area contributed by atoms with Gasteiger partial charge < -0.3 is 10.1 Å². The van der Waals surface area contributed by atoms with Crippen LogP contribution in [0, 0.1) is 0 Å². The molecule has 24 heavy (non-hydrogen) atoms. The van der Waals surface area contributed by atoms with Crippen molar-refractivity contribution in [1.82, 2.24) is 0 Å². The Labute approximate surface area is 142 Å². The normalized spacial score (nSPS) is 20.9. The molecule has 0 fully saturated rings. The molecule has 0 aromatic carbocycles. The van der Waals surface area contributed by atoms with E-state index in [0.717, 1.165) is 16.3 Å². The van der Waals surface area contributed by atoms with Gasteiger partial charge in [0.1, 0.15) is 5.76 Å². The molecule has 3 nitrogen and oxygen atoms in total. The maximum absolute atomic E-state index is 12.7. The number of nitrogens with one attached hydrogen (secondary N) is 1. The highest BCUT2D eigenvalue weighted by Gasteiger charge is 2.31. The van der Waals surface area contributed by atoms with Crippen molar-refractivity contribution in [2.24, 2.45) is 0 Å². The number of halogens is 3. The maximum atomic E-state index is 12.7. The average molecular weight is 357 g/mol. The molecule has 0 spiro atoms. The first kappa shape index (κ1) is 18.3. The van der Waals surface area contributed by atoms with Crippen molar-refractivity contribution in [2.75, 3.05) is 12.4 Å². The number of ether oxygens (including phenoxy) is 1. The van der Waals surface area contributed by atoms with Crippen LogP contribution in [0.3, 0.4) is 0 Å². The fraction of sp³-hybridized carbons (Fsp3) is 0.353. The number of hydrogen-bond donors (Lipinski definition) is 1. The van der Waals surface area contributed by atoms with E-state index in [2.05, 4.69) is 10.1 Å². The summed E-state index contributed by atoms with van der Waals surface area (Å²) in [5.41, 5.74) is 0.859. The standard InChI is InChI=1S/C17H18F3NO2S/c1-3-13-10-14(16(21-2)24-13)15(22)11-6-4-5-7-12(9-8-11)23-17(18,19)20/h4,6,8-10,21H,3,5,7H2,1-2H3/b6-4-,11-8+,12-9+. The van der Waals surface area contributed by atoms with Crippen LogP contribution in [-0.4, -0.2) is 19.2 Å². The molecular weight excluding hydrogens is 339 g/mol. The van der Waals surface area contributed by atoms with Crippen molar-refractivity contribution in [3.05, 3.63) is 52.1 Å². The van der Waals surface area contributed by atoms with E-state index in [1.165, 1.54) is 23.5 Å². The number of carbonyl (C=O) groups is 1. The summed E-state index contributed by atoms with van der Waals surface area (Å²) in [5.74, 6) is -0.429. The van der Waals surface area contributed by atoms with Crippen LogP contribution in [0.15, 0.2) is 41.7 Å². The zero-order valence-electron chi connectivity index (χ0n) is 13.4. The van der Waals surface area contributed by atoms with Gasteiger partial charge in [0, 0.05) is 23.9 Å². The second kappa shape index (κ2) is 7.70. The highest BCUT2D eigenvalue weighted by atomic mass is 32.1. The molecule has 1 heterocycles. The molecule has 0 saturated heterocycles. The summed E-state index contributed by atoms with van der Waals surface area (Å²) in [6.07, 6.45) is 2.51. The van der Waals surface area contributed by atoms with Crippen molar-refractivity contribution in [3.8, 4) is 0 Å². The van der Waals surface area contributed by atoms with Gasteiger partial charge in [-0.25, -0.2) is 0 Å². The first-order valence-corrected chi connectivity index (χ1v) is 8.34. The number of anilines is 1. The van der Waals surface area contributed by atoms with E-state index < -0.39 is 6.36 Å². The van der Waals surface area contributed by atoms with E-state index in [0.29, 0.717) is 17.6 Å². The number of thiophene rings is 1. The van der Waals surface area contributed by atoms with E-state index in [1.807, 2.05) is 13.0 Å². The molecule has 0 atom stereocenters. The number of Topliss-reactive ketones (excluding diaryl/α,β-unsaturated/α-hetero) is 1. The molecular formula is C17H18F3NO2S. The highest BCUT2D eigenvalue weighted by molar-refractivity contribution is 7.16. The van der Waals surface area contributed by atoms with Gasteiger partial charge in [-0.1, -0.05) is 19.1 Å². The smallest absolute Gasteiger partial charge is 0.410 e. The number of ketones is 1. The Bertz CT molecular complexity index is 699. The first-order chi connectivity index (χ1) is 11.3. The van der Waals surface area contributed by atoms with Gasteiger partial charge in [0.2, 0.25) is 0 Å². The van der Waals surface area contributed by atoms with Gasteiger partial charge in [-0.2, -0.15) is 0 Å². The second-order valence-corrected chi connectivity index (χ2v) is 6.27. The third-order valence-corrected chi connectivity index (χ3v) is 4.71. The minimum Gasteiger partial charge on any atom is -0.410 e. The summed E-state index contributed by atoms with van der Waals surface area (Å²) in [6.45, 7) is 2.00. The molecule has 0 radical (unpaired) electrons. The van der Waals surface area contributed by atoms with Crippen molar-refractivity contribution in [2.45, 2.75) is 32.5 Å². The molecule has 1 aliphatic carbocycles. The Morgan fingerprint density at radius 1 is 1.38 bits per heavy atom. The van der Waals surface area contributed by atoms with Gasteiger partial charge in [0.25, 0.3) is 0 Å². The largest absolute Gasteiger partial charge is 0.572 e. The lowest BCUT2D eigenvalue weighted by Gasteiger charge is -2.13. The minimum atomic E-state index is -4.73. The summed E-state index contributed by atoms with van der Waals surface area (Å²) in [5, 5.41) is 3.75. The molecule has 1 aliphatic rings. The lowest BCUT2D eigenvalue weighted by molar-refractivity contribution is -0.306. The number of rotatable bonds is 5. The zero-order valence-corrected chi connectivity index (χ0v) is 14.2. The highest BCUT2D eigenvalue weighted by Crippen LogP contribution is 2.31. The van der Waals surface area contributed by atoms with Crippen molar-refractivity contribution < 1.29 is 22.7 Å². The summed E-state index contributed by atoms with van der Waals surface area (Å²) >= 11 is 1.50. The molecule has 0 unspecified atom stereocenters. The van der Waals surface area contributed by atoms with Crippen LogP contribution in [0.4, 0.5) is 18.2 Å². The van der Waals surface area contributed by atoms with Crippen LogP contribution in [0.1, 0.15) is 35.0 Å². The van der Waals surface area contributed by atoms with Crippen LogP contribution in [0.2, 0.25) is 0 Å². The van der Waals surface area contributed by atoms with Gasteiger partial charge in [-0.15, -0.1) is 24.5 Å². The van der Waals surface area contributed by atoms with Gasteiger partial charge in [-0.05, 0) is 31.1 Å². The summed E-state index contributed by atoms with van der Waals surface area (Å²) in [4.78, 5) is 13.8. The predicted molar refractivity (Wildman–Crippen MR) is 89.3 cm³/mol. The number of alkyl halides is 3. The molecule has 0 amide bonds. The van der Waals surface area contributed by atoms with Gasteiger partial charge in [-0.3, -0.25) is 4.79 Å². The molecule has 1 aromatic rings. The fourth-order valence-electron chi connectivity index (χ4n) is 2.27. The van der Waals surface area contributed by atoms with Crippen molar-refractivity contribution >= 4 is 22.1 Å². The van der Waals surface area contributed by atoms with Crippen LogP contribution >= 0.6 is 11.3 Å². The number of aryl methyl sites for hydroxylation is 1. The van der Waals surface area contributed by atoms with Gasteiger partial charge in [0.15, 0.2) is 5.78 Å². The Morgan fingerprint density at radius 2 is 2.12 bits per heavy atom. The summed E-state index contributed by atoms with van der Waals surface area (Å²) in [6, 6.07) is 1.82. The Kier molecular flexibility index (Phi) is 5.88. The quantitative estimate of drug-likeness (QED) is 0.733. The second-order valence-electron chi connectivity index (χ2n) is 5.13. The molecule has 1 aromatic heterocycles. The molecule has 130 valence electrons. The summed E-state index contributed by atoms with van der Waals surface area (Å²) in [7, 11) is 1.74. The number of carbonyl (C=O) groups excluding carboxylic acids is 1. The van der Waals surface area contributed by atoms with E-state index in [1.54, 1.807) is 19.2 Å². The number of allylic oxidation sites excluding steroid dienone is 6. The molecule has 1 N–H and O–H groups in total. The topological polar surface area (TPSA) is 38.3 Å².